The number of para-hydroxylation sites is 1. The van der Waals surface area contributed by atoms with Crippen molar-refractivity contribution in [3.63, 3.8) is 0 Å². The van der Waals surface area contributed by atoms with Gasteiger partial charge in [0.2, 0.25) is 0 Å². The van der Waals surface area contributed by atoms with Crippen molar-refractivity contribution in [3.05, 3.63) is 36.0 Å². The summed E-state index contributed by atoms with van der Waals surface area (Å²) in [5.41, 5.74) is 7.26. The maximum absolute atomic E-state index is 10.8. The minimum atomic E-state index is -1.02. The number of hydrogen-bond acceptors (Lipinski definition) is 3. The molecule has 1 heterocycles. The highest BCUT2D eigenvalue weighted by Crippen LogP contribution is 2.24. The monoisotopic (exact) mass is 248 g/mol. The summed E-state index contributed by atoms with van der Waals surface area (Å²) in [6.07, 6.45) is 1.35. The van der Waals surface area contributed by atoms with Crippen molar-refractivity contribution in [2.75, 3.05) is 0 Å². The van der Waals surface area contributed by atoms with E-state index in [0.29, 0.717) is 0 Å². The molecular weight excluding hydrogens is 232 g/mol. The van der Waals surface area contributed by atoms with Gasteiger partial charge in [-0.15, -0.1) is 0 Å². The standard InChI is InChI=1S/C13H16N2O3/c1-8(16)15-7-9(6-11(14)13(17)18)10-4-2-3-5-12(10)15/h2-5,7-8,11,16H,6,14H2,1H3,(H,17,18). The van der Waals surface area contributed by atoms with E-state index < -0.39 is 18.2 Å². The highest BCUT2D eigenvalue weighted by atomic mass is 16.4. The normalized spacial score (nSPS) is 14.6. The predicted molar refractivity (Wildman–Crippen MR) is 68.2 cm³/mol. The van der Waals surface area contributed by atoms with Crippen LogP contribution in [0.15, 0.2) is 30.5 Å². The maximum atomic E-state index is 10.8. The average molecular weight is 248 g/mol. The first-order valence-electron chi connectivity index (χ1n) is 5.75. The fourth-order valence-electron chi connectivity index (χ4n) is 2.07. The number of carboxylic acid groups (broad SMARTS) is 1. The maximum Gasteiger partial charge on any atom is 0.320 e. The van der Waals surface area contributed by atoms with Crippen LogP contribution in [-0.2, 0) is 11.2 Å². The Hall–Kier alpha value is -1.85. The van der Waals surface area contributed by atoms with Crippen LogP contribution in [0.4, 0.5) is 0 Å². The molecular formula is C13H16N2O3. The van der Waals surface area contributed by atoms with Gasteiger partial charge in [-0.25, -0.2) is 0 Å². The number of aliphatic hydroxyl groups excluding tert-OH is 1. The van der Waals surface area contributed by atoms with Gasteiger partial charge in [0.1, 0.15) is 12.3 Å². The van der Waals surface area contributed by atoms with Gasteiger partial charge < -0.3 is 20.5 Å². The first-order valence-corrected chi connectivity index (χ1v) is 5.75. The molecule has 5 heteroatoms. The van der Waals surface area contributed by atoms with Crippen molar-refractivity contribution < 1.29 is 15.0 Å². The summed E-state index contributed by atoms with van der Waals surface area (Å²) in [7, 11) is 0. The Kier molecular flexibility index (Phi) is 3.36. The molecule has 1 aromatic heterocycles. The van der Waals surface area contributed by atoms with E-state index in [1.807, 2.05) is 24.3 Å². The quantitative estimate of drug-likeness (QED) is 0.756. The third-order valence-corrected chi connectivity index (χ3v) is 2.98. The second-order valence-corrected chi connectivity index (χ2v) is 4.36. The number of hydrogen-bond donors (Lipinski definition) is 3. The fraction of sp³-hybridized carbons (Fsp3) is 0.308. The van der Waals surface area contributed by atoms with Gasteiger partial charge in [-0.05, 0) is 18.6 Å². The number of aliphatic carboxylic acids is 1. The van der Waals surface area contributed by atoms with Crippen molar-refractivity contribution in [3.8, 4) is 0 Å². The molecule has 4 N–H and O–H groups in total. The van der Waals surface area contributed by atoms with Gasteiger partial charge in [0.25, 0.3) is 0 Å². The minimum absolute atomic E-state index is 0.246. The smallest absolute Gasteiger partial charge is 0.320 e. The van der Waals surface area contributed by atoms with Crippen LogP contribution >= 0.6 is 0 Å². The largest absolute Gasteiger partial charge is 0.480 e. The molecule has 0 aliphatic carbocycles. The summed E-state index contributed by atoms with van der Waals surface area (Å²) >= 11 is 0. The van der Waals surface area contributed by atoms with Gasteiger partial charge in [0.15, 0.2) is 0 Å². The van der Waals surface area contributed by atoms with E-state index in [0.717, 1.165) is 16.5 Å². The number of nitrogens with zero attached hydrogens (tertiary/aromatic N) is 1. The zero-order valence-corrected chi connectivity index (χ0v) is 10.1. The van der Waals surface area contributed by atoms with E-state index in [-0.39, 0.29) is 6.42 Å². The molecule has 0 aliphatic rings. The summed E-state index contributed by atoms with van der Waals surface area (Å²) in [4.78, 5) is 10.8. The van der Waals surface area contributed by atoms with Crippen LogP contribution in [0, 0.1) is 0 Å². The van der Waals surface area contributed by atoms with E-state index in [4.69, 9.17) is 10.8 Å². The number of benzene rings is 1. The molecule has 0 spiro atoms. The molecule has 0 radical (unpaired) electrons. The Morgan fingerprint density at radius 1 is 1.44 bits per heavy atom. The van der Waals surface area contributed by atoms with Crippen molar-refractivity contribution in [1.29, 1.82) is 0 Å². The number of rotatable bonds is 4. The third-order valence-electron chi connectivity index (χ3n) is 2.98. The number of nitrogens with two attached hydrogens (primary N) is 1. The highest BCUT2D eigenvalue weighted by Gasteiger charge is 2.17. The number of fused-ring (bicyclic) bond motifs is 1. The van der Waals surface area contributed by atoms with Gasteiger partial charge in [-0.1, -0.05) is 18.2 Å². The summed E-state index contributed by atoms with van der Waals surface area (Å²) in [5, 5.41) is 19.5. The van der Waals surface area contributed by atoms with Gasteiger partial charge in [-0.3, -0.25) is 4.79 Å². The van der Waals surface area contributed by atoms with E-state index in [1.54, 1.807) is 17.7 Å². The average Bonchev–Trinajstić information content (AvgIpc) is 2.68. The van der Waals surface area contributed by atoms with Crippen molar-refractivity contribution in [2.45, 2.75) is 25.6 Å². The lowest BCUT2D eigenvalue weighted by atomic mass is 10.1. The van der Waals surface area contributed by atoms with Crippen LogP contribution in [0.25, 0.3) is 10.9 Å². The van der Waals surface area contributed by atoms with Crippen molar-refractivity contribution in [1.82, 2.24) is 4.57 Å². The third kappa shape index (κ3) is 2.23. The minimum Gasteiger partial charge on any atom is -0.480 e. The number of aliphatic hydroxyl groups is 1. The molecule has 0 saturated heterocycles. The second kappa shape index (κ2) is 4.80. The van der Waals surface area contributed by atoms with Gasteiger partial charge >= 0.3 is 5.97 Å². The molecule has 2 rings (SSSR count). The molecule has 5 nitrogen and oxygen atoms in total. The lowest BCUT2D eigenvalue weighted by molar-refractivity contribution is -0.138. The molecule has 0 bridgehead atoms. The van der Waals surface area contributed by atoms with E-state index in [9.17, 15) is 9.90 Å². The predicted octanol–water partition coefficient (Wildman–Crippen LogP) is 1.11. The summed E-state index contributed by atoms with van der Waals surface area (Å²) in [6.45, 7) is 1.66. The van der Waals surface area contributed by atoms with Crippen LogP contribution < -0.4 is 5.73 Å². The van der Waals surface area contributed by atoms with Crippen LogP contribution in [-0.4, -0.2) is 26.8 Å². The number of carbonyl (C=O) groups is 1. The molecule has 1 aromatic carbocycles. The molecule has 0 amide bonds. The van der Waals surface area contributed by atoms with Crippen LogP contribution in [0.2, 0.25) is 0 Å². The van der Waals surface area contributed by atoms with E-state index in [2.05, 4.69) is 0 Å². The molecule has 18 heavy (non-hydrogen) atoms. The number of aromatic nitrogens is 1. The van der Waals surface area contributed by atoms with E-state index in [1.165, 1.54) is 0 Å². The molecule has 2 atom stereocenters. The lowest BCUT2D eigenvalue weighted by Crippen LogP contribution is -2.32. The molecule has 2 unspecified atom stereocenters. The molecule has 96 valence electrons. The Balaban J connectivity index is 2.48. The topological polar surface area (TPSA) is 88.5 Å². The summed E-state index contributed by atoms with van der Waals surface area (Å²) in [5.74, 6) is -1.02. The Morgan fingerprint density at radius 3 is 2.72 bits per heavy atom. The first kappa shape index (κ1) is 12.6. The highest BCUT2D eigenvalue weighted by molar-refractivity contribution is 5.85. The van der Waals surface area contributed by atoms with Gasteiger partial charge in [0.05, 0.1) is 5.52 Å². The van der Waals surface area contributed by atoms with Crippen molar-refractivity contribution in [2.24, 2.45) is 5.73 Å². The molecule has 0 saturated carbocycles. The van der Waals surface area contributed by atoms with Crippen LogP contribution in [0.1, 0.15) is 18.7 Å². The van der Waals surface area contributed by atoms with Gasteiger partial charge in [0, 0.05) is 18.0 Å². The SMILES string of the molecule is CC(O)n1cc(CC(N)C(=O)O)c2ccccc21. The first-order chi connectivity index (χ1) is 8.50. The fourth-order valence-corrected chi connectivity index (χ4v) is 2.07. The molecule has 2 aromatic rings. The second-order valence-electron chi connectivity index (χ2n) is 4.36. The molecule has 0 aliphatic heterocycles. The Labute approximate surface area is 104 Å². The zero-order chi connectivity index (χ0) is 13.3. The van der Waals surface area contributed by atoms with Crippen LogP contribution in [0.3, 0.4) is 0 Å². The lowest BCUT2D eigenvalue weighted by Gasteiger charge is -2.07. The number of carboxylic acids is 1. The Bertz CT molecular complexity index is 575. The summed E-state index contributed by atoms with van der Waals surface area (Å²) in [6, 6.07) is 6.61. The zero-order valence-electron chi connectivity index (χ0n) is 10.1. The molecule has 0 fully saturated rings. The van der Waals surface area contributed by atoms with Crippen LogP contribution in [0.5, 0.6) is 0 Å². The Morgan fingerprint density at radius 2 is 2.11 bits per heavy atom. The van der Waals surface area contributed by atoms with E-state index >= 15 is 0 Å². The van der Waals surface area contributed by atoms with Crippen molar-refractivity contribution >= 4 is 16.9 Å². The summed E-state index contributed by atoms with van der Waals surface area (Å²) < 4.78 is 1.71. The van der Waals surface area contributed by atoms with Gasteiger partial charge in [-0.2, -0.15) is 0 Å².